The van der Waals surface area contributed by atoms with E-state index in [0.29, 0.717) is 11.5 Å². The van der Waals surface area contributed by atoms with Crippen LogP contribution >= 0.6 is 0 Å². The Morgan fingerprint density at radius 3 is 2.56 bits per heavy atom. The van der Waals surface area contributed by atoms with E-state index in [4.69, 9.17) is 5.73 Å². The first-order chi connectivity index (χ1) is 7.58. The van der Waals surface area contributed by atoms with Crippen molar-refractivity contribution in [2.45, 2.75) is 13.8 Å². The van der Waals surface area contributed by atoms with Gasteiger partial charge in [-0.3, -0.25) is 0 Å². The number of halogens is 1. The van der Waals surface area contributed by atoms with Gasteiger partial charge in [-0.15, -0.1) is 0 Å². The zero-order chi connectivity index (χ0) is 11.7. The third-order valence-corrected chi connectivity index (χ3v) is 2.44. The first kappa shape index (κ1) is 10.5. The fourth-order valence-electron chi connectivity index (χ4n) is 1.63. The van der Waals surface area contributed by atoms with Gasteiger partial charge < -0.3 is 5.73 Å². The monoisotopic (exact) mass is 217 g/mol. The van der Waals surface area contributed by atoms with Crippen LogP contribution in [-0.2, 0) is 0 Å². The molecule has 0 amide bonds. The minimum absolute atomic E-state index is 0.272. The van der Waals surface area contributed by atoms with Crippen molar-refractivity contribution in [3.63, 3.8) is 0 Å². The molecule has 0 fully saturated rings. The minimum atomic E-state index is -0.272. The van der Waals surface area contributed by atoms with Crippen LogP contribution in [0.25, 0.3) is 11.3 Å². The van der Waals surface area contributed by atoms with Gasteiger partial charge in [-0.25, -0.2) is 14.4 Å². The molecular weight excluding hydrogens is 205 g/mol. The summed E-state index contributed by atoms with van der Waals surface area (Å²) in [5.74, 6) is 0.151. The summed E-state index contributed by atoms with van der Waals surface area (Å²) in [6.07, 6.45) is 1.39. The molecule has 1 aromatic heterocycles. The lowest BCUT2D eigenvalue weighted by molar-refractivity contribution is 0.627. The molecular formula is C12H12FN3. The predicted molar refractivity (Wildman–Crippen MR) is 61.3 cm³/mol. The second-order valence-electron chi connectivity index (χ2n) is 3.75. The predicted octanol–water partition coefficient (Wildman–Crippen LogP) is 2.48. The van der Waals surface area contributed by atoms with Crippen LogP contribution in [0, 0.1) is 19.7 Å². The van der Waals surface area contributed by atoms with Crippen molar-refractivity contribution < 1.29 is 4.39 Å². The molecule has 82 valence electrons. The smallest absolute Gasteiger partial charge is 0.130 e. The summed E-state index contributed by atoms with van der Waals surface area (Å²) in [6, 6.07) is 4.79. The number of aryl methyl sites for hydroxylation is 1. The third-order valence-electron chi connectivity index (χ3n) is 2.44. The van der Waals surface area contributed by atoms with Crippen molar-refractivity contribution in [2.24, 2.45) is 0 Å². The average Bonchev–Trinajstić information content (AvgIpc) is 2.20. The molecule has 0 aliphatic carbocycles. The van der Waals surface area contributed by atoms with Gasteiger partial charge in [-0.2, -0.15) is 0 Å². The number of hydrogen-bond donors (Lipinski definition) is 1. The lowest BCUT2D eigenvalue weighted by Crippen LogP contribution is -1.98. The van der Waals surface area contributed by atoms with Gasteiger partial charge in [0.05, 0.1) is 5.69 Å². The maximum absolute atomic E-state index is 13.3. The highest BCUT2D eigenvalue weighted by Crippen LogP contribution is 2.24. The summed E-state index contributed by atoms with van der Waals surface area (Å²) in [4.78, 5) is 8.02. The summed E-state index contributed by atoms with van der Waals surface area (Å²) >= 11 is 0. The molecule has 0 saturated carbocycles. The fourth-order valence-corrected chi connectivity index (χ4v) is 1.63. The van der Waals surface area contributed by atoms with E-state index in [-0.39, 0.29) is 5.82 Å². The van der Waals surface area contributed by atoms with Crippen molar-refractivity contribution in [3.8, 4) is 11.3 Å². The van der Waals surface area contributed by atoms with Crippen molar-refractivity contribution in [3.05, 3.63) is 41.5 Å². The number of benzene rings is 1. The van der Waals surface area contributed by atoms with Gasteiger partial charge in [-0.05, 0) is 37.6 Å². The van der Waals surface area contributed by atoms with Gasteiger partial charge >= 0.3 is 0 Å². The standard InChI is InChI=1S/C12H12FN3/c1-7-3-9(5-10(13)4-7)11-8(2)12(14)16-6-15-11/h3-6H,1-2H3,(H2,14,15,16). The Morgan fingerprint density at radius 1 is 1.12 bits per heavy atom. The molecule has 2 N–H and O–H groups in total. The Morgan fingerprint density at radius 2 is 1.88 bits per heavy atom. The van der Waals surface area contributed by atoms with Crippen molar-refractivity contribution in [1.82, 2.24) is 9.97 Å². The van der Waals surface area contributed by atoms with Gasteiger partial charge in [0.1, 0.15) is 18.0 Å². The Hall–Kier alpha value is -1.97. The molecule has 16 heavy (non-hydrogen) atoms. The van der Waals surface area contributed by atoms with Gasteiger partial charge in [0.25, 0.3) is 0 Å². The molecule has 0 bridgehead atoms. The molecule has 2 aromatic rings. The van der Waals surface area contributed by atoms with E-state index < -0.39 is 0 Å². The average molecular weight is 217 g/mol. The molecule has 3 nitrogen and oxygen atoms in total. The van der Waals surface area contributed by atoms with Crippen LogP contribution in [0.5, 0.6) is 0 Å². The highest BCUT2D eigenvalue weighted by molar-refractivity contribution is 5.67. The summed E-state index contributed by atoms with van der Waals surface area (Å²) in [7, 11) is 0. The van der Waals surface area contributed by atoms with Crippen LogP contribution in [-0.4, -0.2) is 9.97 Å². The SMILES string of the molecule is Cc1cc(F)cc(-c2ncnc(N)c2C)c1. The quantitative estimate of drug-likeness (QED) is 0.798. The first-order valence-corrected chi connectivity index (χ1v) is 4.92. The molecule has 1 aromatic carbocycles. The normalized spacial score (nSPS) is 10.4. The molecule has 0 unspecified atom stereocenters. The summed E-state index contributed by atoms with van der Waals surface area (Å²) in [6.45, 7) is 3.66. The first-order valence-electron chi connectivity index (χ1n) is 4.92. The van der Waals surface area contributed by atoms with E-state index in [0.717, 1.165) is 16.7 Å². The summed E-state index contributed by atoms with van der Waals surface area (Å²) in [5.41, 5.74) is 8.72. The van der Waals surface area contributed by atoms with Crippen LogP contribution in [0.1, 0.15) is 11.1 Å². The Kier molecular flexibility index (Phi) is 2.56. The molecule has 0 radical (unpaired) electrons. The van der Waals surface area contributed by atoms with E-state index in [1.54, 1.807) is 0 Å². The van der Waals surface area contributed by atoms with Crippen LogP contribution < -0.4 is 5.73 Å². The second-order valence-corrected chi connectivity index (χ2v) is 3.75. The van der Waals surface area contributed by atoms with Crippen LogP contribution in [0.15, 0.2) is 24.5 Å². The highest BCUT2D eigenvalue weighted by atomic mass is 19.1. The summed E-state index contributed by atoms with van der Waals surface area (Å²) in [5, 5.41) is 0. The third kappa shape index (κ3) is 1.86. The van der Waals surface area contributed by atoms with Gasteiger partial charge in [0, 0.05) is 11.1 Å². The number of rotatable bonds is 1. The Labute approximate surface area is 93.2 Å². The molecule has 0 spiro atoms. The molecule has 0 atom stereocenters. The number of nitrogens with zero attached hydrogens (tertiary/aromatic N) is 2. The minimum Gasteiger partial charge on any atom is -0.383 e. The fraction of sp³-hybridized carbons (Fsp3) is 0.167. The Balaban J connectivity index is 2.63. The zero-order valence-electron chi connectivity index (χ0n) is 9.16. The van der Waals surface area contributed by atoms with E-state index in [1.165, 1.54) is 18.5 Å². The van der Waals surface area contributed by atoms with Gasteiger partial charge in [0.15, 0.2) is 0 Å². The maximum Gasteiger partial charge on any atom is 0.130 e. The molecule has 1 heterocycles. The molecule has 0 aliphatic rings. The Bertz CT molecular complexity index is 518. The maximum atomic E-state index is 13.3. The van der Waals surface area contributed by atoms with Crippen molar-refractivity contribution in [2.75, 3.05) is 5.73 Å². The highest BCUT2D eigenvalue weighted by Gasteiger charge is 2.08. The largest absolute Gasteiger partial charge is 0.383 e. The van der Waals surface area contributed by atoms with Gasteiger partial charge in [0.2, 0.25) is 0 Å². The van der Waals surface area contributed by atoms with Gasteiger partial charge in [-0.1, -0.05) is 0 Å². The number of nitrogen functional groups attached to an aromatic ring is 1. The van der Waals surface area contributed by atoms with Crippen LogP contribution in [0.3, 0.4) is 0 Å². The summed E-state index contributed by atoms with van der Waals surface area (Å²) < 4.78 is 13.3. The van der Waals surface area contributed by atoms with E-state index in [1.807, 2.05) is 19.9 Å². The topological polar surface area (TPSA) is 51.8 Å². The molecule has 4 heteroatoms. The van der Waals surface area contributed by atoms with Crippen molar-refractivity contribution in [1.29, 1.82) is 0 Å². The zero-order valence-corrected chi connectivity index (χ0v) is 9.16. The van der Waals surface area contributed by atoms with Crippen molar-refractivity contribution >= 4 is 5.82 Å². The van der Waals surface area contributed by atoms with E-state index >= 15 is 0 Å². The molecule has 2 rings (SSSR count). The number of anilines is 1. The number of hydrogen-bond acceptors (Lipinski definition) is 3. The molecule has 0 aliphatic heterocycles. The lowest BCUT2D eigenvalue weighted by atomic mass is 10.0. The van der Waals surface area contributed by atoms with E-state index in [2.05, 4.69) is 9.97 Å². The lowest BCUT2D eigenvalue weighted by Gasteiger charge is -2.07. The number of aromatic nitrogens is 2. The van der Waals surface area contributed by atoms with Crippen LogP contribution in [0.4, 0.5) is 10.2 Å². The second kappa shape index (κ2) is 3.89. The van der Waals surface area contributed by atoms with E-state index in [9.17, 15) is 4.39 Å². The van der Waals surface area contributed by atoms with Crippen LogP contribution in [0.2, 0.25) is 0 Å². The number of nitrogens with two attached hydrogens (primary N) is 1. The molecule has 0 saturated heterocycles.